The number of hydrogen-bond donors (Lipinski definition) is 1. The Morgan fingerprint density at radius 3 is 2.53 bits per heavy atom. The van der Waals surface area contributed by atoms with Crippen LogP contribution in [0.25, 0.3) is 0 Å². The van der Waals surface area contributed by atoms with Gasteiger partial charge >= 0.3 is 0 Å². The molecular formula is C11H13ClO3. The van der Waals surface area contributed by atoms with E-state index in [-0.39, 0.29) is 18.3 Å². The van der Waals surface area contributed by atoms with Crippen molar-refractivity contribution in [3.8, 4) is 5.75 Å². The molecule has 0 saturated carbocycles. The summed E-state index contributed by atoms with van der Waals surface area (Å²) in [7, 11) is 0. The Morgan fingerprint density at radius 1 is 1.47 bits per heavy atom. The van der Waals surface area contributed by atoms with E-state index in [1.54, 1.807) is 24.3 Å². The van der Waals surface area contributed by atoms with Crippen LogP contribution in [0, 0.1) is 0 Å². The quantitative estimate of drug-likeness (QED) is 0.618. The van der Waals surface area contributed by atoms with Crippen LogP contribution < -0.4 is 4.74 Å². The molecule has 82 valence electrons. The molecule has 0 amide bonds. The average Bonchev–Trinajstić information content (AvgIpc) is 2.26. The molecule has 1 aromatic carbocycles. The second-order valence-corrected chi connectivity index (χ2v) is 3.51. The van der Waals surface area contributed by atoms with E-state index in [2.05, 4.69) is 0 Å². The van der Waals surface area contributed by atoms with Gasteiger partial charge in [0.05, 0.1) is 5.88 Å². The molecule has 0 heterocycles. The van der Waals surface area contributed by atoms with Gasteiger partial charge in [0, 0.05) is 5.56 Å². The molecule has 0 aliphatic rings. The van der Waals surface area contributed by atoms with E-state index < -0.39 is 6.10 Å². The summed E-state index contributed by atoms with van der Waals surface area (Å²) in [6, 6.07) is 6.75. The van der Waals surface area contributed by atoms with Gasteiger partial charge < -0.3 is 9.84 Å². The SMILES string of the molecule is CC(=O)c1ccc(OCC(O)CCl)cc1. The summed E-state index contributed by atoms with van der Waals surface area (Å²) in [4.78, 5) is 11.0. The van der Waals surface area contributed by atoms with Crippen molar-refractivity contribution in [1.29, 1.82) is 0 Å². The number of carbonyl (C=O) groups is 1. The highest BCUT2D eigenvalue weighted by molar-refractivity contribution is 6.18. The minimum atomic E-state index is -0.667. The maximum Gasteiger partial charge on any atom is 0.159 e. The molecular weight excluding hydrogens is 216 g/mol. The smallest absolute Gasteiger partial charge is 0.159 e. The molecule has 1 N–H and O–H groups in total. The summed E-state index contributed by atoms with van der Waals surface area (Å²) in [6.45, 7) is 1.66. The van der Waals surface area contributed by atoms with Gasteiger partial charge in [-0.25, -0.2) is 0 Å². The molecule has 15 heavy (non-hydrogen) atoms. The Morgan fingerprint density at radius 2 is 2.07 bits per heavy atom. The fourth-order valence-corrected chi connectivity index (χ4v) is 1.11. The van der Waals surface area contributed by atoms with E-state index in [9.17, 15) is 4.79 Å². The van der Waals surface area contributed by atoms with Crippen molar-refractivity contribution >= 4 is 17.4 Å². The monoisotopic (exact) mass is 228 g/mol. The molecule has 4 heteroatoms. The maximum atomic E-state index is 11.0. The molecule has 0 fully saturated rings. The Bertz CT molecular complexity index is 321. The second-order valence-electron chi connectivity index (χ2n) is 3.20. The van der Waals surface area contributed by atoms with Crippen molar-refractivity contribution in [3.63, 3.8) is 0 Å². The van der Waals surface area contributed by atoms with E-state index in [1.807, 2.05) is 0 Å². The van der Waals surface area contributed by atoms with Gasteiger partial charge in [-0.1, -0.05) is 0 Å². The van der Waals surface area contributed by atoms with Crippen LogP contribution in [0.4, 0.5) is 0 Å². The van der Waals surface area contributed by atoms with Crippen LogP contribution in [0.15, 0.2) is 24.3 Å². The zero-order valence-corrected chi connectivity index (χ0v) is 9.20. The third-order valence-electron chi connectivity index (χ3n) is 1.88. The van der Waals surface area contributed by atoms with Crippen LogP contribution in [-0.2, 0) is 0 Å². The first kappa shape index (κ1) is 12.0. The predicted molar refractivity (Wildman–Crippen MR) is 58.7 cm³/mol. The van der Waals surface area contributed by atoms with Crippen molar-refractivity contribution in [2.75, 3.05) is 12.5 Å². The normalized spacial score (nSPS) is 12.2. The van der Waals surface area contributed by atoms with E-state index in [4.69, 9.17) is 21.4 Å². The zero-order valence-electron chi connectivity index (χ0n) is 8.44. The molecule has 0 saturated heterocycles. The average molecular weight is 229 g/mol. The highest BCUT2D eigenvalue weighted by Crippen LogP contribution is 2.12. The van der Waals surface area contributed by atoms with Gasteiger partial charge in [0.1, 0.15) is 18.5 Å². The maximum absolute atomic E-state index is 11.0. The van der Waals surface area contributed by atoms with Gasteiger partial charge in [0.25, 0.3) is 0 Å². The fourth-order valence-electron chi connectivity index (χ4n) is 1.02. The number of rotatable bonds is 5. The van der Waals surface area contributed by atoms with Gasteiger partial charge in [-0.05, 0) is 31.2 Å². The zero-order chi connectivity index (χ0) is 11.3. The minimum Gasteiger partial charge on any atom is -0.491 e. The van der Waals surface area contributed by atoms with Gasteiger partial charge in [-0.2, -0.15) is 0 Å². The second kappa shape index (κ2) is 5.73. The summed E-state index contributed by atoms with van der Waals surface area (Å²) in [6.07, 6.45) is -0.667. The highest BCUT2D eigenvalue weighted by Gasteiger charge is 2.03. The molecule has 0 aliphatic carbocycles. The Balaban J connectivity index is 2.53. The first-order valence-electron chi connectivity index (χ1n) is 4.61. The van der Waals surface area contributed by atoms with Crippen LogP contribution in [0.3, 0.4) is 0 Å². The number of hydrogen-bond acceptors (Lipinski definition) is 3. The lowest BCUT2D eigenvalue weighted by molar-refractivity contribution is 0.101. The first-order valence-corrected chi connectivity index (χ1v) is 5.14. The van der Waals surface area contributed by atoms with Crippen LogP contribution in [0.2, 0.25) is 0 Å². The summed E-state index contributed by atoms with van der Waals surface area (Å²) in [5.74, 6) is 0.775. The number of benzene rings is 1. The van der Waals surface area contributed by atoms with Gasteiger partial charge in [0.15, 0.2) is 5.78 Å². The van der Waals surface area contributed by atoms with Crippen molar-refractivity contribution in [2.24, 2.45) is 0 Å². The third-order valence-corrected chi connectivity index (χ3v) is 2.24. The van der Waals surface area contributed by atoms with Crippen molar-refractivity contribution in [3.05, 3.63) is 29.8 Å². The number of alkyl halides is 1. The standard InChI is InChI=1S/C11H13ClO3/c1-8(13)9-2-4-11(5-3-9)15-7-10(14)6-12/h2-5,10,14H,6-7H2,1H3. The van der Waals surface area contributed by atoms with E-state index >= 15 is 0 Å². The summed E-state index contributed by atoms with van der Waals surface area (Å²) in [5.41, 5.74) is 0.639. The lowest BCUT2D eigenvalue weighted by atomic mass is 10.1. The van der Waals surface area contributed by atoms with Crippen molar-refractivity contribution < 1.29 is 14.6 Å². The molecule has 0 spiro atoms. The van der Waals surface area contributed by atoms with E-state index in [1.165, 1.54) is 6.92 Å². The molecule has 1 atom stereocenters. The minimum absolute atomic E-state index is 0.0161. The van der Waals surface area contributed by atoms with Crippen LogP contribution in [0.5, 0.6) is 5.75 Å². The third kappa shape index (κ3) is 3.90. The number of Topliss-reactive ketones (excluding diaryl/α,β-unsaturated/α-hetero) is 1. The first-order chi connectivity index (χ1) is 7.13. The van der Waals surface area contributed by atoms with Crippen LogP contribution in [0.1, 0.15) is 17.3 Å². The number of ketones is 1. The van der Waals surface area contributed by atoms with E-state index in [0.29, 0.717) is 11.3 Å². The molecule has 3 nitrogen and oxygen atoms in total. The Hall–Kier alpha value is -1.06. The lowest BCUT2D eigenvalue weighted by Gasteiger charge is -2.09. The molecule has 0 bridgehead atoms. The highest BCUT2D eigenvalue weighted by atomic mass is 35.5. The number of ether oxygens (including phenoxy) is 1. The molecule has 0 radical (unpaired) electrons. The largest absolute Gasteiger partial charge is 0.491 e. The molecule has 1 unspecified atom stereocenters. The summed E-state index contributed by atoms with van der Waals surface area (Å²) >= 11 is 5.41. The fraction of sp³-hybridized carbons (Fsp3) is 0.364. The number of aliphatic hydroxyl groups excluding tert-OH is 1. The Labute approximate surface area is 93.6 Å². The van der Waals surface area contributed by atoms with Gasteiger partial charge in [-0.3, -0.25) is 4.79 Å². The van der Waals surface area contributed by atoms with Crippen LogP contribution >= 0.6 is 11.6 Å². The van der Waals surface area contributed by atoms with Crippen molar-refractivity contribution in [1.82, 2.24) is 0 Å². The molecule has 1 rings (SSSR count). The summed E-state index contributed by atoms with van der Waals surface area (Å²) < 4.78 is 5.25. The molecule has 1 aromatic rings. The molecule has 0 aliphatic heterocycles. The lowest BCUT2D eigenvalue weighted by Crippen LogP contribution is -2.18. The van der Waals surface area contributed by atoms with Gasteiger partial charge in [0.2, 0.25) is 0 Å². The molecule has 0 aromatic heterocycles. The van der Waals surface area contributed by atoms with Crippen molar-refractivity contribution in [2.45, 2.75) is 13.0 Å². The number of aliphatic hydroxyl groups is 1. The predicted octanol–water partition coefficient (Wildman–Crippen LogP) is 1.87. The Kier molecular flexibility index (Phi) is 4.59. The topological polar surface area (TPSA) is 46.5 Å². The number of halogens is 1. The summed E-state index contributed by atoms with van der Waals surface area (Å²) in [5, 5.41) is 9.15. The number of carbonyl (C=O) groups excluding carboxylic acids is 1. The van der Waals surface area contributed by atoms with Gasteiger partial charge in [-0.15, -0.1) is 11.6 Å². The van der Waals surface area contributed by atoms with E-state index in [0.717, 1.165) is 0 Å². The van der Waals surface area contributed by atoms with Crippen LogP contribution in [-0.4, -0.2) is 29.5 Å².